The predicted molar refractivity (Wildman–Crippen MR) is 89.3 cm³/mol. The highest BCUT2D eigenvalue weighted by Gasteiger charge is 2.17. The lowest BCUT2D eigenvalue weighted by atomic mass is 10.1. The fourth-order valence-electron chi connectivity index (χ4n) is 2.15. The van der Waals surface area contributed by atoms with Crippen molar-refractivity contribution in [3.8, 4) is 6.07 Å². The lowest BCUT2D eigenvalue weighted by Gasteiger charge is -2.23. The maximum Gasteiger partial charge on any atom is 0.258 e. The zero-order valence-corrected chi connectivity index (χ0v) is 13.4. The minimum atomic E-state index is -0.129. The molecule has 2 aromatic rings. The molecule has 0 unspecified atom stereocenters. The molecule has 0 aliphatic carbocycles. The summed E-state index contributed by atoms with van der Waals surface area (Å²) in [4.78, 5) is 14.4. The Morgan fingerprint density at radius 3 is 2.41 bits per heavy atom. The quantitative estimate of drug-likeness (QED) is 0.833. The van der Waals surface area contributed by atoms with Crippen molar-refractivity contribution in [2.75, 3.05) is 11.4 Å². The smallest absolute Gasteiger partial charge is 0.258 e. The average Bonchev–Trinajstić information content (AvgIpc) is 2.51. The minimum absolute atomic E-state index is 0.129. The van der Waals surface area contributed by atoms with Crippen molar-refractivity contribution in [3.63, 3.8) is 0 Å². The summed E-state index contributed by atoms with van der Waals surface area (Å²) in [5.41, 5.74) is 3.64. The first-order valence-corrected chi connectivity index (χ1v) is 7.42. The lowest BCUT2D eigenvalue weighted by Crippen LogP contribution is -2.31. The van der Waals surface area contributed by atoms with Gasteiger partial charge in [0.25, 0.3) is 5.91 Å². The molecule has 2 rings (SSSR count). The van der Waals surface area contributed by atoms with Gasteiger partial charge in [-0.3, -0.25) is 4.79 Å². The Morgan fingerprint density at radius 2 is 1.82 bits per heavy atom. The normalized spacial score (nSPS) is 10.1. The van der Waals surface area contributed by atoms with Crippen LogP contribution < -0.4 is 4.90 Å². The van der Waals surface area contributed by atoms with E-state index in [0.717, 1.165) is 11.3 Å². The molecule has 0 N–H and O–H groups in total. The molecule has 0 fully saturated rings. The molecule has 0 bridgehead atoms. The molecule has 1 amide bonds. The van der Waals surface area contributed by atoms with E-state index in [9.17, 15) is 4.79 Å². The van der Waals surface area contributed by atoms with E-state index in [1.54, 1.807) is 29.2 Å². The number of carbonyl (C=O) groups is 1. The van der Waals surface area contributed by atoms with Crippen molar-refractivity contribution >= 4 is 23.2 Å². The van der Waals surface area contributed by atoms with E-state index in [-0.39, 0.29) is 12.3 Å². The van der Waals surface area contributed by atoms with E-state index >= 15 is 0 Å². The van der Waals surface area contributed by atoms with E-state index in [4.69, 9.17) is 16.9 Å². The predicted octanol–water partition coefficient (Wildman–Crippen LogP) is 4.52. The standard InChI is InChI=1S/C18H17ClN2O/c1-13-4-9-17(12-14(13)2)21(11-3-10-20)18(22)15-5-7-16(19)8-6-15/h4-9,12H,3,11H2,1-2H3. The van der Waals surface area contributed by atoms with Crippen LogP contribution in [0.4, 0.5) is 5.69 Å². The van der Waals surface area contributed by atoms with Gasteiger partial charge in [-0.25, -0.2) is 0 Å². The molecule has 3 nitrogen and oxygen atoms in total. The fourth-order valence-corrected chi connectivity index (χ4v) is 2.28. The fraction of sp³-hybridized carbons (Fsp3) is 0.222. The monoisotopic (exact) mass is 312 g/mol. The minimum Gasteiger partial charge on any atom is -0.307 e. The Hall–Kier alpha value is -2.31. The number of hydrogen-bond acceptors (Lipinski definition) is 2. The van der Waals surface area contributed by atoms with Gasteiger partial charge in [0, 0.05) is 22.8 Å². The molecule has 22 heavy (non-hydrogen) atoms. The Bertz CT molecular complexity index is 717. The topological polar surface area (TPSA) is 44.1 Å². The number of hydrogen-bond donors (Lipinski definition) is 0. The lowest BCUT2D eigenvalue weighted by molar-refractivity contribution is 0.0987. The van der Waals surface area contributed by atoms with Crippen molar-refractivity contribution in [1.82, 2.24) is 0 Å². The number of carbonyl (C=O) groups excluding carboxylic acids is 1. The van der Waals surface area contributed by atoms with Crippen LogP contribution in [0.15, 0.2) is 42.5 Å². The van der Waals surface area contributed by atoms with Crippen LogP contribution >= 0.6 is 11.6 Å². The number of anilines is 1. The second-order valence-corrected chi connectivity index (χ2v) is 5.58. The molecule has 0 saturated carbocycles. The number of amides is 1. The van der Waals surface area contributed by atoms with E-state index in [0.29, 0.717) is 17.1 Å². The highest BCUT2D eigenvalue weighted by Crippen LogP contribution is 2.22. The van der Waals surface area contributed by atoms with E-state index in [2.05, 4.69) is 6.07 Å². The van der Waals surface area contributed by atoms with Crippen molar-refractivity contribution in [3.05, 3.63) is 64.2 Å². The van der Waals surface area contributed by atoms with Crippen LogP contribution in [0.25, 0.3) is 0 Å². The van der Waals surface area contributed by atoms with Gasteiger partial charge in [0.1, 0.15) is 0 Å². The van der Waals surface area contributed by atoms with Gasteiger partial charge in [0.2, 0.25) is 0 Å². The van der Waals surface area contributed by atoms with Crippen molar-refractivity contribution < 1.29 is 4.79 Å². The molecule has 0 atom stereocenters. The molecule has 0 spiro atoms. The number of nitriles is 1. The first kappa shape index (κ1) is 16.1. The molecular formula is C18H17ClN2O. The summed E-state index contributed by atoms with van der Waals surface area (Å²) in [5, 5.41) is 9.43. The third-order valence-electron chi connectivity index (χ3n) is 3.59. The molecule has 0 radical (unpaired) electrons. The van der Waals surface area contributed by atoms with Gasteiger partial charge in [0.15, 0.2) is 0 Å². The molecule has 0 aliphatic heterocycles. The highest BCUT2D eigenvalue weighted by atomic mass is 35.5. The van der Waals surface area contributed by atoms with Crippen LogP contribution in [0, 0.1) is 25.2 Å². The van der Waals surface area contributed by atoms with Crippen molar-refractivity contribution in [2.45, 2.75) is 20.3 Å². The Labute approximate surface area is 135 Å². The molecular weight excluding hydrogens is 296 g/mol. The zero-order valence-electron chi connectivity index (χ0n) is 12.6. The highest BCUT2D eigenvalue weighted by molar-refractivity contribution is 6.30. The average molecular weight is 313 g/mol. The maximum atomic E-state index is 12.7. The van der Waals surface area contributed by atoms with Crippen LogP contribution in [-0.2, 0) is 0 Å². The van der Waals surface area contributed by atoms with Crippen LogP contribution in [0.3, 0.4) is 0 Å². The second-order valence-electron chi connectivity index (χ2n) is 5.14. The van der Waals surface area contributed by atoms with Gasteiger partial charge in [-0.05, 0) is 61.4 Å². The maximum absolute atomic E-state index is 12.7. The molecule has 4 heteroatoms. The molecule has 0 aromatic heterocycles. The van der Waals surface area contributed by atoms with E-state index in [1.165, 1.54) is 5.56 Å². The number of benzene rings is 2. The molecule has 0 saturated heterocycles. The van der Waals surface area contributed by atoms with Gasteiger partial charge in [-0.2, -0.15) is 5.26 Å². The Morgan fingerprint density at radius 1 is 1.14 bits per heavy atom. The summed E-state index contributed by atoms with van der Waals surface area (Å²) in [7, 11) is 0. The van der Waals surface area contributed by atoms with Gasteiger partial charge in [0.05, 0.1) is 12.5 Å². The third kappa shape index (κ3) is 3.66. The van der Waals surface area contributed by atoms with Gasteiger partial charge >= 0.3 is 0 Å². The third-order valence-corrected chi connectivity index (χ3v) is 3.84. The summed E-state index contributed by atoms with van der Waals surface area (Å²) in [5.74, 6) is -0.129. The SMILES string of the molecule is Cc1ccc(N(CCC#N)C(=O)c2ccc(Cl)cc2)cc1C. The summed E-state index contributed by atoms with van der Waals surface area (Å²) in [6.45, 7) is 4.40. The number of rotatable bonds is 4. The molecule has 0 aliphatic rings. The largest absolute Gasteiger partial charge is 0.307 e. The van der Waals surface area contributed by atoms with Gasteiger partial charge in [-0.15, -0.1) is 0 Å². The van der Waals surface area contributed by atoms with E-state index in [1.807, 2.05) is 32.0 Å². The summed E-state index contributed by atoms with van der Waals surface area (Å²) < 4.78 is 0. The van der Waals surface area contributed by atoms with Crippen molar-refractivity contribution in [2.24, 2.45) is 0 Å². The zero-order chi connectivity index (χ0) is 16.1. The summed E-state index contributed by atoms with van der Waals surface area (Å²) >= 11 is 5.87. The van der Waals surface area contributed by atoms with Crippen LogP contribution in [0.5, 0.6) is 0 Å². The molecule has 112 valence electrons. The second kappa shape index (κ2) is 7.11. The number of halogens is 1. The molecule has 2 aromatic carbocycles. The molecule has 0 heterocycles. The van der Waals surface area contributed by atoms with Crippen LogP contribution in [0.1, 0.15) is 27.9 Å². The Balaban J connectivity index is 2.36. The van der Waals surface area contributed by atoms with Crippen LogP contribution in [-0.4, -0.2) is 12.5 Å². The number of aryl methyl sites for hydroxylation is 2. The first-order chi connectivity index (χ1) is 10.5. The summed E-state index contributed by atoms with van der Waals surface area (Å²) in [6.07, 6.45) is 0.284. The summed E-state index contributed by atoms with van der Waals surface area (Å²) in [6, 6.07) is 14.7. The van der Waals surface area contributed by atoms with E-state index < -0.39 is 0 Å². The first-order valence-electron chi connectivity index (χ1n) is 7.04. The van der Waals surface area contributed by atoms with Crippen molar-refractivity contribution in [1.29, 1.82) is 5.26 Å². The van der Waals surface area contributed by atoms with Crippen LogP contribution in [0.2, 0.25) is 5.02 Å². The van der Waals surface area contributed by atoms with Gasteiger partial charge in [-0.1, -0.05) is 17.7 Å². The number of nitrogens with zero attached hydrogens (tertiary/aromatic N) is 2. The van der Waals surface area contributed by atoms with Gasteiger partial charge < -0.3 is 4.90 Å². The Kier molecular flexibility index (Phi) is 5.19.